The number of amides is 1. The average molecular weight is 287 g/mol. The van der Waals surface area contributed by atoms with E-state index in [0.29, 0.717) is 29.6 Å². The fourth-order valence-corrected chi connectivity index (χ4v) is 2.31. The van der Waals surface area contributed by atoms with Gasteiger partial charge in [0.1, 0.15) is 0 Å². The molecule has 1 N–H and O–H groups in total. The molecule has 1 heterocycles. The predicted molar refractivity (Wildman–Crippen MR) is 83.5 cm³/mol. The van der Waals surface area contributed by atoms with Gasteiger partial charge in [0.05, 0.1) is 5.39 Å². The van der Waals surface area contributed by atoms with Gasteiger partial charge in [-0.25, -0.2) is 4.68 Å². The summed E-state index contributed by atoms with van der Waals surface area (Å²) >= 11 is 0. The molecule has 0 radical (unpaired) electrons. The number of hydrogen-bond acceptors (Lipinski definition) is 3. The fraction of sp³-hybridized carbons (Fsp3) is 0.438. The molecule has 1 aromatic carbocycles. The molecular weight excluding hydrogens is 266 g/mol. The van der Waals surface area contributed by atoms with Crippen LogP contribution >= 0.6 is 0 Å². The number of carbonyl (C=O) groups excluding carboxylic acids is 1. The van der Waals surface area contributed by atoms with Crippen LogP contribution in [-0.4, -0.2) is 22.2 Å². The highest BCUT2D eigenvalue weighted by Gasteiger charge is 2.15. The Labute approximate surface area is 124 Å². The van der Waals surface area contributed by atoms with Crippen molar-refractivity contribution >= 4 is 16.7 Å². The summed E-state index contributed by atoms with van der Waals surface area (Å²) in [6.07, 6.45) is 3.00. The van der Waals surface area contributed by atoms with Gasteiger partial charge >= 0.3 is 0 Å². The third kappa shape index (κ3) is 3.29. The summed E-state index contributed by atoms with van der Waals surface area (Å²) in [5.41, 5.74) is 0.193. The molecular formula is C16H21N3O2. The van der Waals surface area contributed by atoms with Crippen LogP contribution in [0.3, 0.4) is 0 Å². The number of rotatable bonds is 6. The van der Waals surface area contributed by atoms with Gasteiger partial charge in [0.25, 0.3) is 11.5 Å². The number of aryl methyl sites for hydroxylation is 1. The summed E-state index contributed by atoms with van der Waals surface area (Å²) < 4.78 is 1.42. The molecule has 1 aromatic heterocycles. The van der Waals surface area contributed by atoms with Crippen molar-refractivity contribution in [2.75, 3.05) is 6.54 Å². The van der Waals surface area contributed by atoms with Gasteiger partial charge in [0, 0.05) is 18.5 Å². The molecule has 0 spiro atoms. The van der Waals surface area contributed by atoms with E-state index >= 15 is 0 Å². The highest BCUT2D eigenvalue weighted by molar-refractivity contribution is 6.04. The third-order valence-electron chi connectivity index (χ3n) is 3.39. The highest BCUT2D eigenvalue weighted by Crippen LogP contribution is 2.13. The number of hydrogen-bond donors (Lipinski definition) is 1. The summed E-state index contributed by atoms with van der Waals surface area (Å²) in [6, 6.07) is 7.14. The van der Waals surface area contributed by atoms with E-state index in [9.17, 15) is 9.59 Å². The van der Waals surface area contributed by atoms with E-state index in [1.807, 2.05) is 19.1 Å². The van der Waals surface area contributed by atoms with Crippen LogP contribution in [0.5, 0.6) is 0 Å². The summed E-state index contributed by atoms with van der Waals surface area (Å²) in [6.45, 7) is 5.04. The van der Waals surface area contributed by atoms with Gasteiger partial charge in [-0.15, -0.1) is 0 Å². The van der Waals surface area contributed by atoms with Crippen LogP contribution in [0, 0.1) is 0 Å². The molecule has 0 aliphatic carbocycles. The van der Waals surface area contributed by atoms with E-state index in [4.69, 9.17) is 0 Å². The van der Waals surface area contributed by atoms with Crippen molar-refractivity contribution in [1.29, 1.82) is 0 Å². The Morgan fingerprint density at radius 2 is 1.90 bits per heavy atom. The van der Waals surface area contributed by atoms with Crippen LogP contribution in [0.15, 0.2) is 29.1 Å². The minimum atomic E-state index is -0.238. The minimum Gasteiger partial charge on any atom is -0.351 e. The molecule has 1 amide bonds. The van der Waals surface area contributed by atoms with Gasteiger partial charge in [-0.2, -0.15) is 5.10 Å². The van der Waals surface area contributed by atoms with Crippen LogP contribution in [0.2, 0.25) is 0 Å². The molecule has 2 rings (SSSR count). The minimum absolute atomic E-state index is 0.130. The summed E-state index contributed by atoms with van der Waals surface area (Å²) in [5, 5.41) is 8.19. The Hall–Kier alpha value is -2.17. The lowest BCUT2D eigenvalue weighted by atomic mass is 10.1. The molecule has 5 heteroatoms. The van der Waals surface area contributed by atoms with Crippen LogP contribution in [0.25, 0.3) is 10.8 Å². The largest absolute Gasteiger partial charge is 0.351 e. The first-order valence-electron chi connectivity index (χ1n) is 7.47. The molecule has 0 fully saturated rings. The topological polar surface area (TPSA) is 64.0 Å². The zero-order valence-electron chi connectivity index (χ0n) is 12.6. The van der Waals surface area contributed by atoms with E-state index in [1.54, 1.807) is 12.1 Å². The number of benzene rings is 1. The maximum Gasteiger partial charge on any atom is 0.274 e. The second-order valence-electron chi connectivity index (χ2n) is 4.99. The van der Waals surface area contributed by atoms with E-state index in [0.717, 1.165) is 19.3 Å². The summed E-state index contributed by atoms with van der Waals surface area (Å²) in [5.74, 6) is -0.238. The lowest BCUT2D eigenvalue weighted by Gasteiger charge is -2.10. The molecule has 0 saturated carbocycles. The van der Waals surface area contributed by atoms with E-state index in [-0.39, 0.29) is 11.5 Å². The number of carbonyl (C=O) groups is 1. The van der Waals surface area contributed by atoms with Gasteiger partial charge in [0.15, 0.2) is 5.69 Å². The lowest BCUT2D eigenvalue weighted by molar-refractivity contribution is 0.0950. The lowest BCUT2D eigenvalue weighted by Crippen LogP contribution is -2.30. The standard InChI is InChI=1S/C16H21N3O2/c1-3-5-8-11-19-16(21)13-10-7-6-9-12(13)14(18-19)15(20)17-4-2/h6-7,9-10H,3-5,8,11H2,1-2H3,(H,17,20). The number of unbranched alkanes of at least 4 members (excludes halogenated alkanes) is 2. The van der Waals surface area contributed by atoms with Crippen LogP contribution < -0.4 is 10.9 Å². The van der Waals surface area contributed by atoms with Gasteiger partial charge < -0.3 is 5.32 Å². The average Bonchev–Trinajstić information content (AvgIpc) is 2.50. The van der Waals surface area contributed by atoms with Crippen LogP contribution in [0.4, 0.5) is 0 Å². The zero-order chi connectivity index (χ0) is 15.2. The Morgan fingerprint density at radius 1 is 1.19 bits per heavy atom. The maximum atomic E-state index is 12.4. The second kappa shape index (κ2) is 7.02. The SMILES string of the molecule is CCCCCn1nc(C(=O)NCC)c2ccccc2c1=O. The van der Waals surface area contributed by atoms with Crippen LogP contribution in [0.1, 0.15) is 43.6 Å². The van der Waals surface area contributed by atoms with Gasteiger partial charge in [0.2, 0.25) is 0 Å². The van der Waals surface area contributed by atoms with Gasteiger partial charge in [-0.1, -0.05) is 38.0 Å². The van der Waals surface area contributed by atoms with Crippen molar-refractivity contribution in [3.8, 4) is 0 Å². The molecule has 0 saturated heterocycles. The normalized spacial score (nSPS) is 10.8. The van der Waals surface area contributed by atoms with E-state index in [2.05, 4.69) is 17.3 Å². The van der Waals surface area contributed by atoms with Crippen molar-refractivity contribution in [1.82, 2.24) is 15.1 Å². The van der Waals surface area contributed by atoms with Crippen molar-refractivity contribution in [3.63, 3.8) is 0 Å². The summed E-state index contributed by atoms with van der Waals surface area (Å²) in [4.78, 5) is 24.6. The van der Waals surface area contributed by atoms with Crippen molar-refractivity contribution < 1.29 is 4.79 Å². The molecule has 2 aromatic rings. The Bertz CT molecular complexity index is 691. The Balaban J connectivity index is 2.52. The predicted octanol–water partition coefficient (Wildman–Crippen LogP) is 2.34. The Morgan fingerprint density at radius 3 is 2.57 bits per heavy atom. The third-order valence-corrected chi connectivity index (χ3v) is 3.39. The molecule has 0 aliphatic heterocycles. The molecule has 0 aliphatic rings. The van der Waals surface area contributed by atoms with E-state index in [1.165, 1.54) is 4.68 Å². The summed E-state index contributed by atoms with van der Waals surface area (Å²) in [7, 11) is 0. The smallest absolute Gasteiger partial charge is 0.274 e. The van der Waals surface area contributed by atoms with Crippen molar-refractivity contribution in [2.45, 2.75) is 39.7 Å². The first kappa shape index (κ1) is 15.2. The van der Waals surface area contributed by atoms with Gasteiger partial charge in [-0.05, 0) is 19.4 Å². The first-order chi connectivity index (χ1) is 10.2. The van der Waals surface area contributed by atoms with Crippen molar-refractivity contribution in [2.24, 2.45) is 0 Å². The van der Waals surface area contributed by atoms with E-state index < -0.39 is 0 Å². The van der Waals surface area contributed by atoms with Crippen molar-refractivity contribution in [3.05, 3.63) is 40.3 Å². The number of nitrogens with one attached hydrogen (secondary N) is 1. The molecule has 112 valence electrons. The quantitative estimate of drug-likeness (QED) is 0.829. The molecule has 0 atom stereocenters. The monoisotopic (exact) mass is 287 g/mol. The van der Waals surface area contributed by atoms with Gasteiger partial charge in [-0.3, -0.25) is 9.59 Å². The Kier molecular flexibility index (Phi) is 5.09. The second-order valence-corrected chi connectivity index (χ2v) is 4.99. The first-order valence-corrected chi connectivity index (χ1v) is 7.47. The molecule has 0 unspecified atom stereocenters. The fourth-order valence-electron chi connectivity index (χ4n) is 2.31. The van der Waals surface area contributed by atoms with Crippen LogP contribution in [-0.2, 0) is 6.54 Å². The number of nitrogens with zero attached hydrogens (tertiary/aromatic N) is 2. The molecule has 0 bridgehead atoms. The molecule has 21 heavy (non-hydrogen) atoms. The maximum absolute atomic E-state index is 12.4. The number of fused-ring (bicyclic) bond motifs is 1. The zero-order valence-corrected chi connectivity index (χ0v) is 12.6. The molecule has 5 nitrogen and oxygen atoms in total. The highest BCUT2D eigenvalue weighted by atomic mass is 16.2. The number of aromatic nitrogens is 2.